The Balaban J connectivity index is 1.65. The molecular formula is C26H31N3O7. The van der Waals surface area contributed by atoms with E-state index in [0.717, 1.165) is 5.56 Å². The van der Waals surface area contributed by atoms with E-state index in [4.69, 9.17) is 18.9 Å². The minimum Gasteiger partial charge on any atom is -0.493 e. The van der Waals surface area contributed by atoms with Gasteiger partial charge in [0, 0.05) is 25.8 Å². The number of hydrogen-bond donors (Lipinski definition) is 2. The van der Waals surface area contributed by atoms with Crippen LogP contribution in [0.4, 0.5) is 0 Å². The fourth-order valence-electron chi connectivity index (χ4n) is 4.10. The largest absolute Gasteiger partial charge is 0.493 e. The number of rotatable bonds is 3. The smallest absolute Gasteiger partial charge is 0.258 e. The molecule has 1 fully saturated rings. The van der Waals surface area contributed by atoms with E-state index in [-0.39, 0.29) is 43.2 Å². The van der Waals surface area contributed by atoms with Crippen LogP contribution < -0.4 is 24.8 Å². The van der Waals surface area contributed by atoms with Crippen LogP contribution in [0.5, 0.6) is 17.2 Å². The second-order valence-electron chi connectivity index (χ2n) is 9.24. The van der Waals surface area contributed by atoms with E-state index in [1.807, 2.05) is 12.1 Å². The van der Waals surface area contributed by atoms with E-state index in [0.29, 0.717) is 23.6 Å². The van der Waals surface area contributed by atoms with Crippen LogP contribution in [0.3, 0.4) is 0 Å². The Morgan fingerprint density at radius 2 is 1.83 bits per heavy atom. The molecule has 2 aromatic carbocycles. The van der Waals surface area contributed by atoms with Crippen LogP contribution in [0.15, 0.2) is 42.5 Å². The third-order valence-corrected chi connectivity index (χ3v) is 6.38. The normalized spacial score (nSPS) is 20.4. The molecule has 3 aliphatic rings. The number of nitrogens with one attached hydrogen (secondary N) is 2. The lowest BCUT2D eigenvalue weighted by Gasteiger charge is -2.27. The second kappa shape index (κ2) is 10.4. The molecule has 3 aliphatic heterocycles. The monoisotopic (exact) mass is 497 g/mol. The van der Waals surface area contributed by atoms with Gasteiger partial charge in [-0.15, -0.1) is 0 Å². The van der Waals surface area contributed by atoms with Crippen LogP contribution in [-0.2, 0) is 20.9 Å². The molecule has 0 unspecified atom stereocenters. The summed E-state index contributed by atoms with van der Waals surface area (Å²) in [6.07, 6.45) is -0.485. The summed E-state index contributed by atoms with van der Waals surface area (Å²) in [5.74, 6) is 0.387. The first kappa shape index (κ1) is 25.3. The maximum absolute atomic E-state index is 13.2. The van der Waals surface area contributed by atoms with E-state index in [2.05, 4.69) is 10.6 Å². The predicted octanol–water partition coefficient (Wildman–Crippen LogP) is 1.52. The number of amides is 3. The van der Waals surface area contributed by atoms with Crippen molar-refractivity contribution >= 4 is 17.7 Å². The van der Waals surface area contributed by atoms with Crippen molar-refractivity contribution in [2.45, 2.75) is 38.1 Å². The van der Waals surface area contributed by atoms with Gasteiger partial charge >= 0.3 is 0 Å². The van der Waals surface area contributed by atoms with Gasteiger partial charge < -0.3 is 34.5 Å². The molecule has 192 valence electrons. The maximum atomic E-state index is 13.2. The number of fused-ring (bicyclic) bond motifs is 7. The maximum Gasteiger partial charge on any atom is 0.258 e. The lowest BCUT2D eigenvalue weighted by atomic mass is 10.1. The van der Waals surface area contributed by atoms with Crippen molar-refractivity contribution in [1.29, 1.82) is 0 Å². The highest BCUT2D eigenvalue weighted by Gasteiger charge is 2.42. The van der Waals surface area contributed by atoms with Crippen molar-refractivity contribution in [3.8, 4) is 17.2 Å². The summed E-state index contributed by atoms with van der Waals surface area (Å²) in [7, 11) is 2.97. The van der Waals surface area contributed by atoms with Crippen molar-refractivity contribution in [3.05, 3.63) is 53.6 Å². The molecule has 3 amide bonds. The van der Waals surface area contributed by atoms with Crippen molar-refractivity contribution in [2.75, 3.05) is 33.9 Å². The number of benzene rings is 2. The van der Waals surface area contributed by atoms with Gasteiger partial charge in [-0.25, -0.2) is 0 Å². The molecule has 2 aromatic rings. The van der Waals surface area contributed by atoms with Crippen LogP contribution in [0.2, 0.25) is 0 Å². The standard InChI is InChI=1S/C26H31N3O7/c1-26(2,34-4)25(32)29-13-19-22(14-29)36-18-8-5-16(6-9-18)12-27-23(30)15-35-21-11-17(24(31)28-19)7-10-20(21)33-3/h5-11,19,22H,12-15H2,1-4H3,(H,27,30)(H,28,31)/t19-,22-/m0/s1. The van der Waals surface area contributed by atoms with Gasteiger partial charge in [0.1, 0.15) is 17.5 Å². The number of ether oxygens (including phenoxy) is 4. The molecule has 0 radical (unpaired) electrons. The minimum absolute atomic E-state index is 0.191. The number of likely N-dealkylation sites (tertiary alicyclic amines) is 1. The topological polar surface area (TPSA) is 115 Å². The zero-order valence-corrected chi connectivity index (χ0v) is 20.8. The van der Waals surface area contributed by atoms with Gasteiger partial charge in [0.25, 0.3) is 17.7 Å². The van der Waals surface area contributed by atoms with Gasteiger partial charge in [0.05, 0.1) is 19.7 Å². The lowest BCUT2D eigenvalue weighted by molar-refractivity contribution is -0.150. The van der Waals surface area contributed by atoms with E-state index in [1.165, 1.54) is 20.3 Å². The molecule has 0 aliphatic carbocycles. The summed E-state index contributed by atoms with van der Waals surface area (Å²) in [6, 6.07) is 11.6. The molecule has 10 nitrogen and oxygen atoms in total. The van der Waals surface area contributed by atoms with Crippen LogP contribution in [0.1, 0.15) is 29.8 Å². The fraction of sp³-hybridized carbons (Fsp3) is 0.423. The Morgan fingerprint density at radius 3 is 2.53 bits per heavy atom. The molecule has 0 saturated carbocycles. The Labute approximate surface area is 209 Å². The van der Waals surface area contributed by atoms with Crippen LogP contribution >= 0.6 is 0 Å². The summed E-state index contributed by atoms with van der Waals surface area (Å²) in [5.41, 5.74) is 0.195. The molecule has 2 N–H and O–H groups in total. The number of carbonyl (C=O) groups excluding carboxylic acids is 3. The Morgan fingerprint density at radius 1 is 1.08 bits per heavy atom. The molecule has 36 heavy (non-hydrogen) atoms. The fourth-order valence-corrected chi connectivity index (χ4v) is 4.10. The van der Waals surface area contributed by atoms with Gasteiger partial charge in [-0.1, -0.05) is 12.1 Å². The molecule has 2 atom stereocenters. The van der Waals surface area contributed by atoms with E-state index < -0.39 is 17.7 Å². The molecule has 10 heteroatoms. The average Bonchev–Trinajstić information content (AvgIpc) is 3.27. The van der Waals surface area contributed by atoms with Gasteiger partial charge in [0.2, 0.25) is 0 Å². The quantitative estimate of drug-likeness (QED) is 0.661. The highest BCUT2D eigenvalue weighted by Crippen LogP contribution is 2.29. The van der Waals surface area contributed by atoms with E-state index in [1.54, 1.807) is 43.0 Å². The summed E-state index contributed by atoms with van der Waals surface area (Å²) >= 11 is 0. The lowest BCUT2D eigenvalue weighted by Crippen LogP contribution is -2.47. The zero-order valence-electron chi connectivity index (χ0n) is 20.8. The number of methoxy groups -OCH3 is 2. The summed E-state index contributed by atoms with van der Waals surface area (Å²) in [5, 5.41) is 5.80. The summed E-state index contributed by atoms with van der Waals surface area (Å²) < 4.78 is 22.6. The molecule has 0 aromatic heterocycles. The Bertz CT molecular complexity index is 1130. The first-order chi connectivity index (χ1) is 17.2. The van der Waals surface area contributed by atoms with Gasteiger partial charge in [0.15, 0.2) is 18.1 Å². The van der Waals surface area contributed by atoms with Crippen molar-refractivity contribution < 1.29 is 33.3 Å². The van der Waals surface area contributed by atoms with Crippen molar-refractivity contribution in [2.24, 2.45) is 0 Å². The van der Waals surface area contributed by atoms with Gasteiger partial charge in [-0.3, -0.25) is 14.4 Å². The predicted molar refractivity (Wildman–Crippen MR) is 130 cm³/mol. The highest BCUT2D eigenvalue weighted by atomic mass is 16.5. The Hall–Kier alpha value is -3.79. The first-order valence-corrected chi connectivity index (χ1v) is 11.7. The SMILES string of the molecule is COc1ccc2cc1OCC(=O)NCc1ccc(cc1)O[C@H]1CN(C(=O)C(C)(C)OC)C[C@@H]1NC2=O. The van der Waals surface area contributed by atoms with Crippen LogP contribution in [-0.4, -0.2) is 74.3 Å². The molecule has 1 saturated heterocycles. The third-order valence-electron chi connectivity index (χ3n) is 6.38. The molecule has 4 bridgehead atoms. The Kier molecular flexibility index (Phi) is 7.35. The zero-order chi connectivity index (χ0) is 25.9. The molecule has 3 heterocycles. The highest BCUT2D eigenvalue weighted by molar-refractivity contribution is 5.95. The molecule has 0 spiro atoms. The van der Waals surface area contributed by atoms with Crippen molar-refractivity contribution in [3.63, 3.8) is 0 Å². The third kappa shape index (κ3) is 5.54. The molecular weight excluding hydrogens is 466 g/mol. The number of nitrogens with zero attached hydrogens (tertiary/aromatic N) is 1. The number of carbonyl (C=O) groups is 3. The second-order valence-corrected chi connectivity index (χ2v) is 9.24. The number of hydrogen-bond acceptors (Lipinski definition) is 7. The summed E-state index contributed by atoms with van der Waals surface area (Å²) in [6.45, 7) is 4.04. The summed E-state index contributed by atoms with van der Waals surface area (Å²) in [4.78, 5) is 40.2. The van der Waals surface area contributed by atoms with Crippen molar-refractivity contribution in [1.82, 2.24) is 15.5 Å². The van der Waals surface area contributed by atoms with Crippen LogP contribution in [0.25, 0.3) is 0 Å². The van der Waals surface area contributed by atoms with E-state index in [9.17, 15) is 14.4 Å². The molecule has 5 rings (SSSR count). The van der Waals surface area contributed by atoms with Gasteiger partial charge in [-0.05, 0) is 49.7 Å². The van der Waals surface area contributed by atoms with Crippen LogP contribution in [0, 0.1) is 0 Å². The first-order valence-electron chi connectivity index (χ1n) is 11.7. The van der Waals surface area contributed by atoms with Gasteiger partial charge in [-0.2, -0.15) is 0 Å². The minimum atomic E-state index is -1.01. The average molecular weight is 498 g/mol. The van der Waals surface area contributed by atoms with E-state index >= 15 is 0 Å².